The number of sulfonamides is 1. The predicted octanol–water partition coefficient (Wildman–Crippen LogP) is 3.51. The van der Waals surface area contributed by atoms with Crippen LogP contribution in [-0.4, -0.2) is 72.5 Å². The Bertz CT molecular complexity index is 1230. The molecule has 8 nitrogen and oxygen atoms in total. The molecule has 0 bridgehead atoms. The molecule has 1 amide bonds. The minimum absolute atomic E-state index is 0.0569. The van der Waals surface area contributed by atoms with Gasteiger partial charge in [-0.15, -0.1) is 0 Å². The molecule has 0 spiro atoms. The molecule has 2 heterocycles. The number of hydrogen-bond acceptors (Lipinski definition) is 6. The van der Waals surface area contributed by atoms with E-state index in [0.29, 0.717) is 12.3 Å². The fraction of sp³-hybridized carbons (Fsp3) is 0.500. The van der Waals surface area contributed by atoms with E-state index in [9.17, 15) is 18.3 Å². The van der Waals surface area contributed by atoms with Crippen molar-refractivity contribution in [2.45, 2.75) is 63.0 Å². The second kappa shape index (κ2) is 11.8. The molecule has 2 aromatic rings. The van der Waals surface area contributed by atoms with Gasteiger partial charge in [-0.2, -0.15) is 4.31 Å². The molecule has 0 fully saturated rings. The average Bonchev–Trinajstić information content (AvgIpc) is 2.91. The standard InChI is InChI=1S/C28H37N3O5S/c1-20-17-31(21(2)19-32)37(34,35)27-10-9-24(23-7-5-4-6-8-23)16-25(27)36-26(20)18-30(3)28(33)15-22-11-13-29-14-12-22/h7,9-14,16,20-21,26,32H,4-6,8,15,17-19H2,1-3H3/t20-,21-,26+/m0/s1. The molecule has 1 aromatic heterocycles. The summed E-state index contributed by atoms with van der Waals surface area (Å²) in [6.07, 6.45) is 9.58. The largest absolute Gasteiger partial charge is 0.487 e. The van der Waals surface area contributed by atoms with Gasteiger partial charge in [-0.25, -0.2) is 8.42 Å². The Balaban J connectivity index is 1.67. The number of hydrogen-bond donors (Lipinski definition) is 1. The van der Waals surface area contributed by atoms with E-state index in [1.165, 1.54) is 9.88 Å². The molecule has 0 saturated heterocycles. The van der Waals surface area contributed by atoms with Gasteiger partial charge in [-0.3, -0.25) is 9.78 Å². The van der Waals surface area contributed by atoms with Crippen LogP contribution >= 0.6 is 0 Å². The summed E-state index contributed by atoms with van der Waals surface area (Å²) in [5, 5.41) is 9.85. The number of aliphatic hydroxyl groups excluding tert-OH is 1. The Morgan fingerprint density at radius 3 is 2.68 bits per heavy atom. The maximum atomic E-state index is 13.7. The van der Waals surface area contributed by atoms with Crippen LogP contribution in [0.15, 0.2) is 53.7 Å². The Kier molecular flexibility index (Phi) is 8.67. The number of aliphatic hydroxyl groups is 1. The topological polar surface area (TPSA) is 100 Å². The highest BCUT2D eigenvalue weighted by molar-refractivity contribution is 7.89. The molecule has 200 valence electrons. The van der Waals surface area contributed by atoms with Gasteiger partial charge in [0.05, 0.1) is 19.6 Å². The summed E-state index contributed by atoms with van der Waals surface area (Å²) in [6.45, 7) is 3.82. The number of aromatic nitrogens is 1. The summed E-state index contributed by atoms with van der Waals surface area (Å²) in [4.78, 5) is 18.7. The maximum Gasteiger partial charge on any atom is 0.247 e. The number of likely N-dealkylation sites (N-methyl/N-ethyl adjacent to an activating group) is 1. The highest BCUT2D eigenvalue weighted by atomic mass is 32.2. The Labute approximate surface area is 220 Å². The summed E-state index contributed by atoms with van der Waals surface area (Å²) >= 11 is 0. The van der Waals surface area contributed by atoms with E-state index in [2.05, 4.69) is 11.1 Å². The van der Waals surface area contributed by atoms with E-state index in [4.69, 9.17) is 4.74 Å². The summed E-state index contributed by atoms with van der Waals surface area (Å²) in [6, 6.07) is 8.34. The van der Waals surface area contributed by atoms with Gasteiger partial charge in [0.25, 0.3) is 0 Å². The monoisotopic (exact) mass is 527 g/mol. The molecule has 37 heavy (non-hydrogen) atoms. The molecule has 0 unspecified atom stereocenters. The van der Waals surface area contributed by atoms with E-state index in [0.717, 1.165) is 36.8 Å². The molecule has 1 aromatic carbocycles. The van der Waals surface area contributed by atoms with Crippen molar-refractivity contribution >= 4 is 21.5 Å². The fourth-order valence-electron chi connectivity index (χ4n) is 4.93. The first-order chi connectivity index (χ1) is 17.7. The van der Waals surface area contributed by atoms with Crippen molar-refractivity contribution in [2.24, 2.45) is 5.92 Å². The van der Waals surface area contributed by atoms with Crippen LogP contribution in [0.5, 0.6) is 5.75 Å². The molecular formula is C28H37N3O5S. The van der Waals surface area contributed by atoms with Crippen molar-refractivity contribution in [3.05, 3.63) is 59.9 Å². The SMILES string of the molecule is C[C@H]1CN([C@@H](C)CO)S(=O)(=O)c2ccc(C3=CCCCC3)cc2O[C@@H]1CN(C)C(=O)Cc1ccncc1. The van der Waals surface area contributed by atoms with Crippen LogP contribution in [-0.2, 0) is 21.2 Å². The van der Waals surface area contributed by atoms with Crippen LogP contribution in [0.3, 0.4) is 0 Å². The first-order valence-electron chi connectivity index (χ1n) is 13.0. The molecule has 9 heteroatoms. The number of benzene rings is 1. The van der Waals surface area contributed by atoms with Crippen molar-refractivity contribution in [3.63, 3.8) is 0 Å². The molecular weight excluding hydrogens is 490 g/mol. The van der Waals surface area contributed by atoms with Crippen LogP contribution in [0, 0.1) is 5.92 Å². The van der Waals surface area contributed by atoms with Crippen LogP contribution in [0.1, 0.15) is 50.7 Å². The summed E-state index contributed by atoms with van der Waals surface area (Å²) in [7, 11) is -2.16. The van der Waals surface area contributed by atoms with Crippen LogP contribution in [0.2, 0.25) is 0 Å². The van der Waals surface area contributed by atoms with E-state index >= 15 is 0 Å². The Morgan fingerprint density at radius 2 is 2.00 bits per heavy atom. The molecule has 1 N–H and O–H groups in total. The molecule has 1 aliphatic carbocycles. The number of carbonyl (C=O) groups excluding carboxylic acids is 1. The number of amides is 1. The number of ether oxygens (including phenoxy) is 1. The third kappa shape index (κ3) is 6.22. The smallest absolute Gasteiger partial charge is 0.247 e. The molecule has 2 aliphatic rings. The number of carbonyl (C=O) groups is 1. The number of nitrogens with zero attached hydrogens (tertiary/aromatic N) is 3. The van der Waals surface area contributed by atoms with Gasteiger partial charge in [-0.1, -0.05) is 19.1 Å². The van der Waals surface area contributed by atoms with Gasteiger partial charge in [0, 0.05) is 37.9 Å². The number of fused-ring (bicyclic) bond motifs is 1. The van der Waals surface area contributed by atoms with Crippen molar-refractivity contribution < 1.29 is 23.1 Å². The normalized spacial score (nSPS) is 22.5. The lowest BCUT2D eigenvalue weighted by molar-refractivity contribution is -0.130. The first-order valence-corrected chi connectivity index (χ1v) is 14.4. The number of rotatable bonds is 7. The van der Waals surface area contributed by atoms with E-state index in [-0.39, 0.29) is 36.3 Å². The molecule has 4 rings (SSSR count). The van der Waals surface area contributed by atoms with Crippen LogP contribution in [0.4, 0.5) is 0 Å². The molecule has 0 saturated carbocycles. The molecule has 3 atom stereocenters. The zero-order valence-corrected chi connectivity index (χ0v) is 22.7. The average molecular weight is 528 g/mol. The molecule has 0 radical (unpaired) electrons. The summed E-state index contributed by atoms with van der Waals surface area (Å²) in [5.41, 5.74) is 3.04. The lowest BCUT2D eigenvalue weighted by Crippen LogP contribution is -2.50. The quantitative estimate of drug-likeness (QED) is 0.592. The van der Waals surface area contributed by atoms with Gasteiger partial charge in [-0.05, 0) is 73.6 Å². The highest BCUT2D eigenvalue weighted by Gasteiger charge is 2.38. The summed E-state index contributed by atoms with van der Waals surface area (Å²) < 4.78 is 35.2. The van der Waals surface area contributed by atoms with Crippen LogP contribution < -0.4 is 4.74 Å². The lowest BCUT2D eigenvalue weighted by atomic mass is 9.93. The number of allylic oxidation sites excluding steroid dienone is 2. The number of pyridine rings is 1. The lowest BCUT2D eigenvalue weighted by Gasteiger charge is -2.37. The molecule has 1 aliphatic heterocycles. The van der Waals surface area contributed by atoms with Crippen molar-refractivity contribution in [2.75, 3.05) is 26.7 Å². The minimum atomic E-state index is -3.90. The zero-order chi connectivity index (χ0) is 26.6. The first kappa shape index (κ1) is 27.3. The van der Waals surface area contributed by atoms with Crippen molar-refractivity contribution in [1.82, 2.24) is 14.2 Å². The van der Waals surface area contributed by atoms with Gasteiger partial charge < -0.3 is 14.7 Å². The Morgan fingerprint density at radius 1 is 1.24 bits per heavy atom. The van der Waals surface area contributed by atoms with E-state index in [1.807, 2.05) is 31.2 Å². The van der Waals surface area contributed by atoms with Gasteiger partial charge in [0.2, 0.25) is 15.9 Å². The Hall–Kier alpha value is -2.75. The predicted molar refractivity (Wildman–Crippen MR) is 142 cm³/mol. The minimum Gasteiger partial charge on any atom is -0.487 e. The second-order valence-electron chi connectivity index (χ2n) is 10.2. The van der Waals surface area contributed by atoms with Crippen LogP contribution in [0.25, 0.3) is 5.57 Å². The van der Waals surface area contributed by atoms with Gasteiger partial charge >= 0.3 is 0 Å². The van der Waals surface area contributed by atoms with Crippen molar-refractivity contribution in [3.8, 4) is 5.75 Å². The third-order valence-electron chi connectivity index (χ3n) is 7.31. The van der Waals surface area contributed by atoms with Gasteiger partial charge in [0.15, 0.2) is 0 Å². The zero-order valence-electron chi connectivity index (χ0n) is 21.8. The second-order valence-corrected chi connectivity index (χ2v) is 12.0. The summed E-state index contributed by atoms with van der Waals surface area (Å²) in [5.74, 6) is 0.00916. The van der Waals surface area contributed by atoms with Crippen molar-refractivity contribution in [1.29, 1.82) is 0 Å². The van der Waals surface area contributed by atoms with E-state index < -0.39 is 22.2 Å². The highest BCUT2D eigenvalue weighted by Crippen LogP contribution is 2.37. The third-order valence-corrected chi connectivity index (χ3v) is 9.33. The van der Waals surface area contributed by atoms with E-state index in [1.54, 1.807) is 37.3 Å². The fourth-order valence-corrected chi connectivity index (χ4v) is 6.75. The van der Waals surface area contributed by atoms with Gasteiger partial charge in [0.1, 0.15) is 16.7 Å². The maximum absolute atomic E-state index is 13.7.